The first-order valence-corrected chi connectivity index (χ1v) is 9.33. The molecule has 5 aromatic rings. The minimum absolute atomic E-state index is 0.134. The van der Waals surface area contributed by atoms with Gasteiger partial charge in [-0.15, -0.1) is 11.3 Å². The van der Waals surface area contributed by atoms with Crippen LogP contribution in [0, 0.1) is 0 Å². The molecule has 0 aliphatic carbocycles. The molecule has 5 nitrogen and oxygen atoms in total. The van der Waals surface area contributed by atoms with Gasteiger partial charge in [-0.25, -0.2) is 9.97 Å². The van der Waals surface area contributed by atoms with E-state index in [1.165, 1.54) is 11.3 Å². The second kappa shape index (κ2) is 6.34. The second-order valence-electron chi connectivity index (χ2n) is 6.16. The molecular weight excluding hydrogens is 356 g/mol. The van der Waals surface area contributed by atoms with Crippen LogP contribution < -0.4 is 5.32 Å². The Hall–Kier alpha value is -3.51. The molecule has 0 aliphatic rings. The second-order valence-corrected chi connectivity index (χ2v) is 7.04. The molecule has 0 saturated heterocycles. The van der Waals surface area contributed by atoms with Gasteiger partial charge >= 0.3 is 0 Å². The fourth-order valence-corrected chi connectivity index (χ4v) is 3.71. The van der Waals surface area contributed by atoms with Crippen LogP contribution >= 0.6 is 11.3 Å². The van der Waals surface area contributed by atoms with Crippen LogP contribution in [-0.2, 0) is 0 Å². The van der Waals surface area contributed by atoms with Crippen LogP contribution in [0.5, 0.6) is 0 Å². The van der Waals surface area contributed by atoms with Crippen molar-refractivity contribution in [3.05, 3.63) is 84.1 Å². The molecule has 1 amide bonds. The summed E-state index contributed by atoms with van der Waals surface area (Å²) in [6.07, 6.45) is 3.97. The molecule has 0 fully saturated rings. The van der Waals surface area contributed by atoms with E-state index in [9.17, 15) is 4.79 Å². The van der Waals surface area contributed by atoms with Crippen LogP contribution in [-0.4, -0.2) is 20.3 Å². The van der Waals surface area contributed by atoms with Gasteiger partial charge in [-0.2, -0.15) is 0 Å². The number of aromatic nitrogens is 3. The third-order valence-corrected chi connectivity index (χ3v) is 5.19. The number of imidazole rings is 1. The summed E-state index contributed by atoms with van der Waals surface area (Å²) in [6.45, 7) is 0. The Morgan fingerprint density at radius 2 is 1.93 bits per heavy atom. The maximum Gasteiger partial charge on any atom is 0.255 e. The Bertz CT molecular complexity index is 1240. The number of pyridine rings is 1. The zero-order chi connectivity index (χ0) is 18.2. The fourth-order valence-electron chi connectivity index (χ4n) is 3.00. The van der Waals surface area contributed by atoms with Gasteiger partial charge in [-0.3, -0.25) is 4.79 Å². The summed E-state index contributed by atoms with van der Waals surface area (Å²) in [5.74, 6) is -0.134. The highest BCUT2D eigenvalue weighted by molar-refractivity contribution is 7.16. The molecule has 3 heterocycles. The number of fused-ring (bicyclic) bond motifs is 2. The molecular formula is C21H14N4OS. The first-order valence-electron chi connectivity index (χ1n) is 8.45. The zero-order valence-corrected chi connectivity index (χ0v) is 15.0. The smallest absolute Gasteiger partial charge is 0.255 e. The van der Waals surface area contributed by atoms with Crippen LogP contribution in [0.1, 0.15) is 10.4 Å². The lowest BCUT2D eigenvalue weighted by molar-refractivity contribution is 0.102. The highest BCUT2D eigenvalue weighted by Gasteiger charge is 2.09. The van der Waals surface area contributed by atoms with E-state index >= 15 is 0 Å². The van der Waals surface area contributed by atoms with Gasteiger partial charge in [-0.05, 0) is 42.5 Å². The fraction of sp³-hybridized carbons (Fsp3) is 0. The third-order valence-electron chi connectivity index (χ3n) is 4.40. The Morgan fingerprint density at radius 1 is 1.04 bits per heavy atom. The van der Waals surface area contributed by atoms with Gasteiger partial charge in [0.25, 0.3) is 5.91 Å². The Labute approximate surface area is 159 Å². The Balaban J connectivity index is 1.37. The van der Waals surface area contributed by atoms with Gasteiger partial charge in [0, 0.05) is 29.2 Å². The van der Waals surface area contributed by atoms with E-state index < -0.39 is 0 Å². The molecule has 0 bridgehead atoms. The van der Waals surface area contributed by atoms with Gasteiger partial charge in [0.2, 0.25) is 0 Å². The lowest BCUT2D eigenvalue weighted by Crippen LogP contribution is -2.11. The van der Waals surface area contributed by atoms with Crippen LogP contribution in [0.15, 0.2) is 78.6 Å². The zero-order valence-electron chi connectivity index (χ0n) is 14.2. The van der Waals surface area contributed by atoms with Crippen LogP contribution in [0.3, 0.4) is 0 Å². The molecule has 0 saturated carbocycles. The number of nitrogens with one attached hydrogen (secondary N) is 1. The average molecular weight is 370 g/mol. The normalized spacial score (nSPS) is 11.1. The number of thiazole rings is 1. The van der Waals surface area contributed by atoms with Gasteiger partial charge < -0.3 is 9.72 Å². The number of nitrogens with zero attached hydrogens (tertiary/aromatic N) is 3. The Kier molecular flexibility index (Phi) is 3.69. The van der Waals surface area contributed by atoms with Crippen molar-refractivity contribution >= 4 is 38.8 Å². The van der Waals surface area contributed by atoms with E-state index in [2.05, 4.69) is 15.3 Å². The highest BCUT2D eigenvalue weighted by Crippen LogP contribution is 2.23. The molecule has 0 aliphatic heterocycles. The van der Waals surface area contributed by atoms with Crippen molar-refractivity contribution in [2.45, 2.75) is 0 Å². The summed E-state index contributed by atoms with van der Waals surface area (Å²) < 4.78 is 2.99. The molecule has 6 heteroatoms. The van der Waals surface area contributed by atoms with E-state index in [-0.39, 0.29) is 5.91 Å². The summed E-state index contributed by atoms with van der Waals surface area (Å²) in [6, 6.07) is 19.1. The van der Waals surface area contributed by atoms with Gasteiger partial charge in [0.1, 0.15) is 5.65 Å². The minimum Gasteiger partial charge on any atom is -0.322 e. The standard InChI is InChI=1S/C21H14N4OS/c26-21(15-6-9-17-19(11-15)27-13-22-17)23-16-7-4-14(5-8-16)18-12-25-10-2-1-3-20(25)24-18/h1-13H,(H,23,26). The van der Waals surface area contributed by atoms with E-state index in [1.807, 2.05) is 71.4 Å². The molecule has 27 heavy (non-hydrogen) atoms. The molecule has 1 N–H and O–H groups in total. The third kappa shape index (κ3) is 2.96. The summed E-state index contributed by atoms with van der Waals surface area (Å²) >= 11 is 1.53. The lowest BCUT2D eigenvalue weighted by atomic mass is 10.1. The number of anilines is 1. The number of carbonyl (C=O) groups excluding carboxylic acids is 1. The molecule has 2 aromatic carbocycles. The van der Waals surface area contributed by atoms with Gasteiger partial charge in [0.15, 0.2) is 0 Å². The average Bonchev–Trinajstić information content (AvgIpc) is 3.34. The minimum atomic E-state index is -0.134. The summed E-state index contributed by atoms with van der Waals surface area (Å²) in [5.41, 5.74) is 6.87. The summed E-state index contributed by atoms with van der Waals surface area (Å²) in [5, 5.41) is 2.94. The summed E-state index contributed by atoms with van der Waals surface area (Å²) in [7, 11) is 0. The predicted molar refractivity (Wildman–Crippen MR) is 108 cm³/mol. The van der Waals surface area contributed by atoms with Crippen molar-refractivity contribution in [1.29, 1.82) is 0 Å². The molecule has 0 atom stereocenters. The first kappa shape index (κ1) is 15.7. The Morgan fingerprint density at radius 3 is 2.78 bits per heavy atom. The number of hydrogen-bond acceptors (Lipinski definition) is 4. The van der Waals surface area contributed by atoms with Crippen molar-refractivity contribution in [2.75, 3.05) is 5.32 Å². The van der Waals surface area contributed by atoms with Crippen LogP contribution in [0.2, 0.25) is 0 Å². The molecule has 5 rings (SSSR count). The topological polar surface area (TPSA) is 59.3 Å². The lowest BCUT2D eigenvalue weighted by Gasteiger charge is -2.06. The number of benzene rings is 2. The maximum atomic E-state index is 12.5. The number of hydrogen-bond donors (Lipinski definition) is 1. The largest absolute Gasteiger partial charge is 0.322 e. The van der Waals surface area contributed by atoms with E-state index in [0.717, 1.165) is 32.8 Å². The predicted octanol–water partition coefficient (Wildman–Crippen LogP) is 4.86. The number of rotatable bonds is 3. The first-order chi connectivity index (χ1) is 13.3. The van der Waals surface area contributed by atoms with Gasteiger partial charge in [0.05, 0.1) is 21.4 Å². The van der Waals surface area contributed by atoms with Crippen molar-refractivity contribution in [2.24, 2.45) is 0 Å². The van der Waals surface area contributed by atoms with Gasteiger partial charge in [-0.1, -0.05) is 18.2 Å². The molecule has 0 unspecified atom stereocenters. The number of carbonyl (C=O) groups is 1. The maximum absolute atomic E-state index is 12.5. The van der Waals surface area contributed by atoms with E-state index in [1.54, 1.807) is 11.6 Å². The number of amides is 1. The molecule has 130 valence electrons. The quantitative estimate of drug-likeness (QED) is 0.493. The van der Waals surface area contributed by atoms with Crippen LogP contribution in [0.4, 0.5) is 5.69 Å². The van der Waals surface area contributed by atoms with E-state index in [4.69, 9.17) is 0 Å². The molecule has 0 spiro atoms. The van der Waals surface area contributed by atoms with Crippen molar-refractivity contribution in [1.82, 2.24) is 14.4 Å². The highest BCUT2D eigenvalue weighted by atomic mass is 32.1. The molecule has 3 aromatic heterocycles. The van der Waals surface area contributed by atoms with Crippen molar-refractivity contribution < 1.29 is 4.79 Å². The summed E-state index contributed by atoms with van der Waals surface area (Å²) in [4.78, 5) is 21.4. The van der Waals surface area contributed by atoms with E-state index in [0.29, 0.717) is 5.56 Å². The van der Waals surface area contributed by atoms with Crippen molar-refractivity contribution in [3.63, 3.8) is 0 Å². The van der Waals surface area contributed by atoms with Crippen molar-refractivity contribution in [3.8, 4) is 11.3 Å². The van der Waals surface area contributed by atoms with Crippen LogP contribution in [0.25, 0.3) is 27.1 Å². The SMILES string of the molecule is O=C(Nc1ccc(-c2cn3ccccc3n2)cc1)c1ccc2ncsc2c1. The monoisotopic (exact) mass is 370 g/mol. The molecule has 0 radical (unpaired) electrons.